The number of phenolic OH excluding ortho intramolecular Hbond substituents is 1. The molecule has 6 atom stereocenters. The van der Waals surface area contributed by atoms with Gasteiger partial charge in [0.25, 0.3) is 17.5 Å². The average molecular weight is 699 g/mol. The van der Waals surface area contributed by atoms with E-state index in [0.717, 1.165) is 15.2 Å². The van der Waals surface area contributed by atoms with Crippen LogP contribution in [0.3, 0.4) is 0 Å². The Bertz CT molecular complexity index is 1870. The first kappa shape index (κ1) is 28.9. The third kappa shape index (κ3) is 3.60. The summed E-state index contributed by atoms with van der Waals surface area (Å²) < 4.78 is 0. The predicted octanol–water partition coefficient (Wildman–Crippen LogP) is 5.37. The van der Waals surface area contributed by atoms with Gasteiger partial charge in [-0.25, -0.2) is 0 Å². The number of allylic oxidation sites excluding steroid dienone is 2. The number of amides is 4. The van der Waals surface area contributed by atoms with Crippen molar-refractivity contribution in [1.29, 1.82) is 0 Å². The van der Waals surface area contributed by atoms with Gasteiger partial charge in [-0.3, -0.25) is 39.1 Å². The lowest BCUT2D eigenvalue weighted by Gasteiger charge is -2.50. The smallest absolute Gasteiger partial charge is 0.269 e. The standard InChI is InChI=1S/C31H22BrCl2N3O7/c32-14-35-28(41)30(33)13-22-19(24(31(30,34)29(35)42)21-10-5-15-3-1-2-4-18(15)25(21)38)11-12-20-23(22)27(40)36(26(20)39)16-6-8-17(9-7-16)37(43)44/h1-11,20,22-24,38H,12-14H2/t20-,22+,23-,24+,30+,31-/m0/s1. The van der Waals surface area contributed by atoms with Crippen LogP contribution in [0.15, 0.2) is 72.3 Å². The van der Waals surface area contributed by atoms with Crippen LogP contribution in [0.25, 0.3) is 10.8 Å². The fourth-order valence-corrected chi connectivity index (χ4v) is 9.00. The molecule has 2 heterocycles. The van der Waals surface area contributed by atoms with Crippen molar-refractivity contribution in [2.75, 3.05) is 10.4 Å². The van der Waals surface area contributed by atoms with E-state index in [9.17, 15) is 34.4 Å². The van der Waals surface area contributed by atoms with Crippen LogP contribution in [-0.4, -0.2) is 53.8 Å². The van der Waals surface area contributed by atoms with Crippen molar-refractivity contribution in [3.63, 3.8) is 0 Å². The summed E-state index contributed by atoms with van der Waals surface area (Å²) in [5.74, 6) is -6.22. The van der Waals surface area contributed by atoms with Crippen molar-refractivity contribution in [1.82, 2.24) is 4.90 Å². The monoisotopic (exact) mass is 697 g/mol. The first-order valence-corrected chi connectivity index (χ1v) is 15.7. The summed E-state index contributed by atoms with van der Waals surface area (Å²) in [6.07, 6.45) is 1.73. The maximum atomic E-state index is 14.1. The molecule has 0 bridgehead atoms. The molecule has 0 aromatic heterocycles. The molecule has 3 aromatic rings. The molecule has 10 nitrogen and oxygen atoms in total. The first-order chi connectivity index (χ1) is 21.0. The van der Waals surface area contributed by atoms with Gasteiger partial charge in [-0.1, -0.05) is 64.0 Å². The summed E-state index contributed by atoms with van der Waals surface area (Å²) in [5, 5.41) is 24.0. The first-order valence-electron chi connectivity index (χ1n) is 13.8. The minimum absolute atomic E-state index is 0.130. The van der Waals surface area contributed by atoms with Crippen molar-refractivity contribution >= 4 is 84.9 Å². The van der Waals surface area contributed by atoms with E-state index in [1.165, 1.54) is 24.3 Å². The van der Waals surface area contributed by atoms with Gasteiger partial charge in [-0.05, 0) is 36.3 Å². The Morgan fingerprint density at radius 1 is 0.955 bits per heavy atom. The summed E-state index contributed by atoms with van der Waals surface area (Å²) in [6.45, 7) is 0. The van der Waals surface area contributed by atoms with E-state index in [0.29, 0.717) is 11.0 Å². The number of anilines is 1. The Kier molecular flexibility index (Phi) is 6.48. The molecule has 0 radical (unpaired) electrons. The lowest BCUT2D eigenvalue weighted by Crippen LogP contribution is -2.60. The number of carbonyl (C=O) groups excluding carboxylic acids is 4. The van der Waals surface area contributed by atoms with Gasteiger partial charge in [0.2, 0.25) is 11.8 Å². The van der Waals surface area contributed by atoms with Crippen molar-refractivity contribution in [3.8, 4) is 5.75 Å². The Balaban J connectivity index is 1.39. The van der Waals surface area contributed by atoms with Crippen LogP contribution in [0.5, 0.6) is 5.75 Å². The number of hydrogen-bond donors (Lipinski definition) is 1. The zero-order valence-corrected chi connectivity index (χ0v) is 25.8. The predicted molar refractivity (Wildman–Crippen MR) is 165 cm³/mol. The molecule has 0 unspecified atom stereocenters. The molecule has 13 heteroatoms. The van der Waals surface area contributed by atoms with Crippen LogP contribution in [0.2, 0.25) is 0 Å². The maximum absolute atomic E-state index is 14.1. The van der Waals surface area contributed by atoms with Gasteiger partial charge in [0, 0.05) is 29.0 Å². The SMILES string of the molecule is O=C1[C@H]2[C@H](CC=C3[C@H]2C[C@@]2(Cl)C(=O)N(CBr)C(=O)[C@@]2(Cl)[C@H]3c2ccc3ccccc3c2O)C(=O)N1c1ccc([N+](=O)[O-])cc1. The topological polar surface area (TPSA) is 138 Å². The molecule has 7 rings (SSSR count). The zero-order valence-electron chi connectivity index (χ0n) is 22.7. The molecular formula is C31H22BrCl2N3O7. The van der Waals surface area contributed by atoms with Crippen molar-refractivity contribution < 1.29 is 29.2 Å². The van der Waals surface area contributed by atoms with E-state index in [1.807, 2.05) is 12.1 Å². The molecule has 3 aromatic carbocycles. The molecule has 2 aliphatic carbocycles. The lowest BCUT2D eigenvalue weighted by molar-refractivity contribution is -0.384. The fraction of sp³-hybridized carbons (Fsp3) is 0.290. The minimum atomic E-state index is -2.04. The highest BCUT2D eigenvalue weighted by Gasteiger charge is 2.76. The van der Waals surface area contributed by atoms with E-state index < -0.39 is 62.0 Å². The molecule has 44 heavy (non-hydrogen) atoms. The Hall–Kier alpha value is -3.80. The van der Waals surface area contributed by atoms with Gasteiger partial charge in [0.15, 0.2) is 9.75 Å². The van der Waals surface area contributed by atoms with E-state index in [4.69, 9.17) is 23.2 Å². The van der Waals surface area contributed by atoms with Crippen LogP contribution in [-0.2, 0) is 19.2 Å². The molecule has 0 spiro atoms. The van der Waals surface area contributed by atoms with Crippen molar-refractivity contribution in [2.24, 2.45) is 17.8 Å². The van der Waals surface area contributed by atoms with Gasteiger partial charge < -0.3 is 5.11 Å². The van der Waals surface area contributed by atoms with Crippen molar-refractivity contribution in [2.45, 2.75) is 28.5 Å². The van der Waals surface area contributed by atoms with E-state index in [-0.39, 0.29) is 41.0 Å². The zero-order chi connectivity index (χ0) is 31.3. The number of aromatic hydroxyl groups is 1. The number of hydrogen-bond acceptors (Lipinski definition) is 7. The number of phenols is 1. The number of non-ortho nitro benzene ring substituents is 1. The Morgan fingerprint density at radius 3 is 2.34 bits per heavy atom. The number of nitro groups is 1. The number of nitrogens with zero attached hydrogens (tertiary/aromatic N) is 3. The summed E-state index contributed by atoms with van der Waals surface area (Å²) in [7, 11) is 0. The lowest BCUT2D eigenvalue weighted by atomic mass is 9.56. The van der Waals surface area contributed by atoms with Crippen LogP contribution < -0.4 is 4.90 Å². The largest absolute Gasteiger partial charge is 0.507 e. The summed E-state index contributed by atoms with van der Waals surface area (Å²) in [6, 6.07) is 15.7. The fourth-order valence-electron chi connectivity index (χ4n) is 7.58. The molecule has 224 valence electrons. The number of benzene rings is 3. The molecule has 1 saturated carbocycles. The minimum Gasteiger partial charge on any atom is -0.507 e. The summed E-state index contributed by atoms with van der Waals surface area (Å²) in [4.78, 5) is 64.1. The molecule has 4 amide bonds. The van der Waals surface area contributed by atoms with Gasteiger partial charge in [-0.2, -0.15) is 0 Å². The second-order valence-corrected chi connectivity index (χ2v) is 13.2. The van der Waals surface area contributed by atoms with Crippen LogP contribution >= 0.6 is 39.1 Å². The number of halogens is 3. The van der Waals surface area contributed by atoms with Crippen LogP contribution in [0.1, 0.15) is 24.3 Å². The quantitative estimate of drug-likeness (QED) is 0.0966. The number of likely N-dealkylation sites (tertiary alicyclic amines) is 1. The summed E-state index contributed by atoms with van der Waals surface area (Å²) in [5.41, 5.74) is 0.659. The third-order valence-corrected chi connectivity index (χ3v) is 11.5. The highest BCUT2D eigenvalue weighted by molar-refractivity contribution is 9.09. The normalized spacial score (nSPS) is 31.2. The molecule has 2 saturated heterocycles. The van der Waals surface area contributed by atoms with Gasteiger partial charge in [0.1, 0.15) is 5.75 Å². The van der Waals surface area contributed by atoms with Crippen molar-refractivity contribution in [3.05, 3.63) is 88.0 Å². The highest BCUT2D eigenvalue weighted by atomic mass is 79.9. The number of rotatable bonds is 4. The van der Waals surface area contributed by atoms with E-state index in [2.05, 4.69) is 15.9 Å². The average Bonchev–Trinajstić information content (AvgIpc) is 3.35. The number of fused-ring (bicyclic) bond motifs is 5. The number of carbonyl (C=O) groups is 4. The highest BCUT2D eigenvalue weighted by Crippen LogP contribution is 2.66. The van der Waals surface area contributed by atoms with Gasteiger partial charge in [0.05, 0.1) is 27.9 Å². The number of alkyl halides is 3. The number of nitro benzene ring substituents is 1. The molecule has 2 aliphatic heterocycles. The van der Waals surface area contributed by atoms with Gasteiger partial charge in [-0.15, -0.1) is 23.2 Å². The molecular weight excluding hydrogens is 677 g/mol. The van der Waals surface area contributed by atoms with E-state index >= 15 is 0 Å². The van der Waals surface area contributed by atoms with E-state index in [1.54, 1.807) is 30.3 Å². The number of imide groups is 2. The Labute approximate surface area is 268 Å². The second kappa shape index (κ2) is 9.85. The second-order valence-electron chi connectivity index (χ2n) is 11.5. The maximum Gasteiger partial charge on any atom is 0.269 e. The molecule has 3 fully saturated rings. The summed E-state index contributed by atoms with van der Waals surface area (Å²) >= 11 is 17.7. The Morgan fingerprint density at radius 2 is 1.66 bits per heavy atom. The third-order valence-electron chi connectivity index (χ3n) is 9.58. The van der Waals surface area contributed by atoms with Crippen LogP contribution in [0.4, 0.5) is 11.4 Å². The van der Waals surface area contributed by atoms with Gasteiger partial charge >= 0.3 is 0 Å². The molecule has 4 aliphatic rings. The molecule has 1 N–H and O–H groups in total. The van der Waals surface area contributed by atoms with Crippen LogP contribution in [0, 0.1) is 27.9 Å².